The van der Waals surface area contributed by atoms with Gasteiger partial charge in [0.05, 0.1) is 22.3 Å². The number of halogens is 2. The highest BCUT2D eigenvalue weighted by Crippen LogP contribution is 2.20. The normalized spacial score (nSPS) is 13.9. The molecule has 3 aromatic rings. The van der Waals surface area contributed by atoms with E-state index in [-0.39, 0.29) is 29.6 Å². The van der Waals surface area contributed by atoms with Crippen molar-refractivity contribution in [1.29, 1.82) is 0 Å². The van der Waals surface area contributed by atoms with Gasteiger partial charge >= 0.3 is 0 Å². The minimum atomic E-state index is -0.558. The van der Waals surface area contributed by atoms with Gasteiger partial charge in [0.25, 0.3) is 5.56 Å². The van der Waals surface area contributed by atoms with E-state index in [1.165, 1.54) is 23.0 Å². The van der Waals surface area contributed by atoms with Gasteiger partial charge in [-0.25, -0.2) is 9.37 Å². The predicted molar refractivity (Wildman–Crippen MR) is 124 cm³/mol. The number of fused-ring (bicyclic) bond motifs is 1. The summed E-state index contributed by atoms with van der Waals surface area (Å²) in [4.78, 5) is 45.1. The maximum atomic E-state index is 13.6. The number of rotatable bonds is 5. The fourth-order valence-electron chi connectivity index (χ4n) is 3.80. The highest BCUT2D eigenvalue weighted by atomic mass is 35.5. The summed E-state index contributed by atoms with van der Waals surface area (Å²) in [5, 5.41) is 3.10. The van der Waals surface area contributed by atoms with Crippen molar-refractivity contribution in [3.63, 3.8) is 0 Å². The summed E-state index contributed by atoms with van der Waals surface area (Å²) in [5.41, 5.74) is 1.65. The zero-order valence-electron chi connectivity index (χ0n) is 18.1. The number of aromatic nitrogens is 2. The first-order valence-electron chi connectivity index (χ1n) is 10.5. The third kappa shape index (κ3) is 5.14. The van der Waals surface area contributed by atoms with E-state index in [0.29, 0.717) is 42.6 Å². The second kappa shape index (κ2) is 9.58. The van der Waals surface area contributed by atoms with E-state index >= 15 is 0 Å². The maximum Gasteiger partial charge on any atom is 0.261 e. The number of hydrogen-bond acceptors (Lipinski definition) is 5. The number of amides is 2. The molecular formula is C23H23ClFN5O3. The van der Waals surface area contributed by atoms with Crippen LogP contribution < -0.4 is 15.8 Å². The van der Waals surface area contributed by atoms with Gasteiger partial charge in [0.1, 0.15) is 12.4 Å². The molecule has 2 heterocycles. The minimum absolute atomic E-state index is 0.0129. The van der Waals surface area contributed by atoms with Crippen molar-refractivity contribution in [2.24, 2.45) is 0 Å². The van der Waals surface area contributed by atoms with Crippen molar-refractivity contribution in [3.8, 4) is 0 Å². The number of nitrogens with zero attached hydrogens (tertiary/aromatic N) is 4. The number of hydrogen-bond donors (Lipinski definition) is 1. The van der Waals surface area contributed by atoms with E-state index in [9.17, 15) is 18.8 Å². The summed E-state index contributed by atoms with van der Waals surface area (Å²) in [5.74, 6) is -0.901. The number of piperazine rings is 1. The molecule has 0 aliphatic carbocycles. The highest BCUT2D eigenvalue weighted by Gasteiger charge is 2.19. The molecule has 0 radical (unpaired) electrons. The molecule has 2 amide bonds. The summed E-state index contributed by atoms with van der Waals surface area (Å²) in [6.45, 7) is 4.06. The molecule has 0 bridgehead atoms. The van der Waals surface area contributed by atoms with E-state index in [1.54, 1.807) is 30.0 Å². The van der Waals surface area contributed by atoms with Gasteiger partial charge in [-0.05, 0) is 35.9 Å². The van der Waals surface area contributed by atoms with Crippen molar-refractivity contribution in [2.75, 3.05) is 31.1 Å². The Morgan fingerprint density at radius 3 is 2.58 bits per heavy atom. The van der Waals surface area contributed by atoms with E-state index in [4.69, 9.17) is 11.6 Å². The Hall–Kier alpha value is -3.46. The summed E-state index contributed by atoms with van der Waals surface area (Å²) in [6.07, 6.45) is 1.34. The number of carbonyl (C=O) groups excluding carboxylic acids is 2. The van der Waals surface area contributed by atoms with Gasteiger partial charge in [-0.3, -0.25) is 19.0 Å². The second-order valence-corrected chi connectivity index (χ2v) is 8.30. The smallest absolute Gasteiger partial charge is 0.261 e. The van der Waals surface area contributed by atoms with Gasteiger partial charge < -0.3 is 15.1 Å². The Balaban J connectivity index is 1.46. The van der Waals surface area contributed by atoms with Crippen LogP contribution in [0.4, 0.5) is 10.1 Å². The molecule has 10 heteroatoms. The zero-order valence-corrected chi connectivity index (χ0v) is 18.8. The van der Waals surface area contributed by atoms with Crippen LogP contribution in [-0.4, -0.2) is 52.4 Å². The van der Waals surface area contributed by atoms with Crippen LogP contribution in [0.1, 0.15) is 12.5 Å². The van der Waals surface area contributed by atoms with E-state index in [0.717, 1.165) is 5.69 Å². The van der Waals surface area contributed by atoms with E-state index in [1.807, 2.05) is 6.07 Å². The van der Waals surface area contributed by atoms with Crippen molar-refractivity contribution in [2.45, 2.75) is 20.0 Å². The molecule has 0 atom stereocenters. The molecule has 1 aliphatic rings. The summed E-state index contributed by atoms with van der Waals surface area (Å²) in [7, 11) is 0. The van der Waals surface area contributed by atoms with Crippen molar-refractivity contribution in [3.05, 3.63) is 69.5 Å². The van der Waals surface area contributed by atoms with Crippen LogP contribution >= 0.6 is 11.6 Å². The molecule has 2 aromatic carbocycles. The van der Waals surface area contributed by atoms with E-state index < -0.39 is 11.7 Å². The zero-order chi connectivity index (χ0) is 23.5. The Morgan fingerprint density at radius 1 is 1.12 bits per heavy atom. The quantitative estimate of drug-likeness (QED) is 0.616. The topological polar surface area (TPSA) is 87.5 Å². The number of anilines is 1. The SMILES string of the molecule is CC(=O)N1CCN(c2ccc3ncn(CC(=O)NCc4ccc(Cl)c(F)c4)c(=O)c3c2)CC1. The molecule has 1 aromatic heterocycles. The first-order chi connectivity index (χ1) is 15.8. The van der Waals surface area contributed by atoms with Crippen molar-refractivity contribution >= 4 is 40.0 Å². The van der Waals surface area contributed by atoms with Crippen molar-refractivity contribution in [1.82, 2.24) is 19.8 Å². The monoisotopic (exact) mass is 471 g/mol. The number of nitrogens with one attached hydrogen (secondary N) is 1. The van der Waals surface area contributed by atoms with Crippen molar-refractivity contribution < 1.29 is 14.0 Å². The van der Waals surface area contributed by atoms with Crippen LogP contribution in [0.3, 0.4) is 0 Å². The molecule has 1 fully saturated rings. The number of carbonyl (C=O) groups is 2. The third-order valence-corrected chi connectivity index (χ3v) is 5.99. The Bertz CT molecular complexity index is 1270. The van der Waals surface area contributed by atoms with Gasteiger partial charge in [-0.1, -0.05) is 17.7 Å². The summed E-state index contributed by atoms with van der Waals surface area (Å²) >= 11 is 5.67. The average Bonchev–Trinajstić information content (AvgIpc) is 2.81. The molecule has 172 valence electrons. The largest absolute Gasteiger partial charge is 0.368 e. The van der Waals surface area contributed by atoms with Gasteiger partial charge in [0.15, 0.2) is 0 Å². The molecule has 4 rings (SSSR count). The Kier molecular flexibility index (Phi) is 6.60. The molecule has 0 saturated carbocycles. The molecule has 1 saturated heterocycles. The maximum absolute atomic E-state index is 13.6. The van der Waals surface area contributed by atoms with Crippen LogP contribution in [0.15, 0.2) is 47.5 Å². The first-order valence-corrected chi connectivity index (χ1v) is 10.9. The lowest BCUT2D eigenvalue weighted by Crippen LogP contribution is -2.48. The first kappa shape index (κ1) is 22.7. The fourth-order valence-corrected chi connectivity index (χ4v) is 3.91. The fraction of sp³-hybridized carbons (Fsp3) is 0.304. The lowest BCUT2D eigenvalue weighted by atomic mass is 10.2. The molecule has 33 heavy (non-hydrogen) atoms. The standard InChI is InChI=1S/C23H23ClFN5O3/c1-15(31)28-6-8-29(9-7-28)17-3-5-21-18(11-17)23(33)30(14-27-21)13-22(32)26-12-16-2-4-19(24)20(25)10-16/h2-5,10-11,14H,6-9,12-13H2,1H3,(H,26,32). The highest BCUT2D eigenvalue weighted by molar-refractivity contribution is 6.30. The predicted octanol–water partition coefficient (Wildman–Crippen LogP) is 2.17. The van der Waals surface area contributed by atoms with Crippen LogP contribution in [0.25, 0.3) is 10.9 Å². The summed E-state index contributed by atoms with van der Waals surface area (Å²) < 4.78 is 14.8. The third-order valence-electron chi connectivity index (χ3n) is 5.69. The Labute approximate surface area is 194 Å². The summed E-state index contributed by atoms with van der Waals surface area (Å²) in [6, 6.07) is 9.76. The van der Waals surface area contributed by atoms with Crippen LogP contribution in [-0.2, 0) is 22.7 Å². The van der Waals surface area contributed by atoms with Gasteiger partial charge in [0.2, 0.25) is 11.8 Å². The molecule has 8 nitrogen and oxygen atoms in total. The van der Waals surface area contributed by atoms with Crippen LogP contribution in [0, 0.1) is 5.82 Å². The molecule has 1 aliphatic heterocycles. The lowest BCUT2D eigenvalue weighted by molar-refractivity contribution is -0.129. The molecule has 1 N–H and O–H groups in total. The van der Waals surface area contributed by atoms with Crippen LogP contribution in [0.5, 0.6) is 0 Å². The van der Waals surface area contributed by atoms with E-state index in [2.05, 4.69) is 15.2 Å². The molecule has 0 spiro atoms. The second-order valence-electron chi connectivity index (χ2n) is 7.90. The minimum Gasteiger partial charge on any atom is -0.368 e. The average molecular weight is 472 g/mol. The van der Waals surface area contributed by atoms with Gasteiger partial charge in [-0.2, -0.15) is 0 Å². The Morgan fingerprint density at radius 2 is 1.88 bits per heavy atom. The van der Waals surface area contributed by atoms with Gasteiger partial charge in [-0.15, -0.1) is 0 Å². The van der Waals surface area contributed by atoms with Gasteiger partial charge in [0, 0.05) is 45.3 Å². The molecular weight excluding hydrogens is 449 g/mol. The lowest BCUT2D eigenvalue weighted by Gasteiger charge is -2.35. The molecule has 0 unspecified atom stereocenters. The number of benzene rings is 2. The van der Waals surface area contributed by atoms with Crippen LogP contribution in [0.2, 0.25) is 5.02 Å².